The van der Waals surface area contributed by atoms with E-state index in [4.69, 9.17) is 14.0 Å². The van der Waals surface area contributed by atoms with Crippen molar-refractivity contribution < 1.29 is 18.8 Å². The average molecular weight is 359 g/mol. The molecule has 2 aliphatic rings. The molecule has 0 atom stereocenters. The largest absolute Gasteiger partial charge is 0.494 e. The van der Waals surface area contributed by atoms with E-state index in [-0.39, 0.29) is 24.2 Å². The number of likely N-dealkylation sites (tertiary alicyclic amines) is 1. The van der Waals surface area contributed by atoms with E-state index in [0.29, 0.717) is 12.5 Å². The van der Waals surface area contributed by atoms with Crippen molar-refractivity contribution >= 4 is 18.5 Å². The highest BCUT2D eigenvalue weighted by Crippen LogP contribution is 2.36. The van der Waals surface area contributed by atoms with Gasteiger partial charge in [-0.2, -0.15) is 0 Å². The Bertz CT molecular complexity index is 620. The highest BCUT2D eigenvalue weighted by atomic mass is 16.7. The number of piperidine rings is 1. The minimum absolute atomic E-state index is 0.183. The standard InChI is InChI=1S/C20H30BNO4/c1-19(2)20(3,4)26-21(25-19)16-8-6-15(7-9-16)14-18(23)22-12-10-17(24-5)11-13-22/h6-9,17H,10-14H2,1-5H3. The van der Waals surface area contributed by atoms with Crippen molar-refractivity contribution in [2.24, 2.45) is 0 Å². The first-order chi connectivity index (χ1) is 12.2. The summed E-state index contributed by atoms with van der Waals surface area (Å²) in [7, 11) is 1.38. The van der Waals surface area contributed by atoms with E-state index in [1.54, 1.807) is 7.11 Å². The van der Waals surface area contributed by atoms with Gasteiger partial charge in [-0.3, -0.25) is 4.79 Å². The molecule has 0 radical (unpaired) electrons. The van der Waals surface area contributed by atoms with Crippen molar-refractivity contribution in [3.05, 3.63) is 29.8 Å². The molecule has 2 aliphatic heterocycles. The molecule has 0 aromatic heterocycles. The number of hydrogen-bond acceptors (Lipinski definition) is 4. The van der Waals surface area contributed by atoms with Crippen molar-refractivity contribution in [2.45, 2.75) is 64.3 Å². The van der Waals surface area contributed by atoms with Crippen LogP contribution >= 0.6 is 0 Å². The Morgan fingerprint density at radius 2 is 1.65 bits per heavy atom. The molecule has 2 saturated heterocycles. The second-order valence-electron chi connectivity index (χ2n) is 8.32. The van der Waals surface area contributed by atoms with E-state index in [9.17, 15) is 4.79 Å². The lowest BCUT2D eigenvalue weighted by molar-refractivity contribution is -0.132. The fourth-order valence-electron chi connectivity index (χ4n) is 3.40. The molecule has 0 N–H and O–H groups in total. The zero-order valence-corrected chi connectivity index (χ0v) is 16.6. The van der Waals surface area contributed by atoms with E-state index in [1.165, 1.54) is 0 Å². The Morgan fingerprint density at radius 3 is 2.15 bits per heavy atom. The van der Waals surface area contributed by atoms with Gasteiger partial charge in [-0.05, 0) is 51.6 Å². The molecule has 3 rings (SSSR count). The lowest BCUT2D eigenvalue weighted by Gasteiger charge is -2.32. The molecule has 142 valence electrons. The smallest absolute Gasteiger partial charge is 0.399 e. The molecule has 0 spiro atoms. The monoisotopic (exact) mass is 359 g/mol. The third-order valence-electron chi connectivity index (χ3n) is 5.99. The molecule has 6 heteroatoms. The van der Waals surface area contributed by atoms with E-state index in [1.807, 2.05) is 56.9 Å². The van der Waals surface area contributed by atoms with Crippen molar-refractivity contribution in [3.8, 4) is 0 Å². The van der Waals surface area contributed by atoms with Crippen molar-refractivity contribution in [3.63, 3.8) is 0 Å². The molecule has 26 heavy (non-hydrogen) atoms. The van der Waals surface area contributed by atoms with Crippen LogP contribution in [0, 0.1) is 0 Å². The summed E-state index contributed by atoms with van der Waals surface area (Å²) in [6.07, 6.45) is 2.56. The predicted octanol–water partition coefficient (Wildman–Crippen LogP) is 2.17. The molecule has 1 aromatic rings. The van der Waals surface area contributed by atoms with Crippen LogP contribution in [-0.4, -0.2) is 55.4 Å². The highest BCUT2D eigenvalue weighted by molar-refractivity contribution is 6.62. The number of ether oxygens (including phenoxy) is 1. The number of hydrogen-bond donors (Lipinski definition) is 0. The van der Waals surface area contributed by atoms with Gasteiger partial charge >= 0.3 is 7.12 Å². The fourth-order valence-corrected chi connectivity index (χ4v) is 3.40. The van der Waals surface area contributed by atoms with E-state index in [0.717, 1.165) is 37.0 Å². The van der Waals surface area contributed by atoms with Crippen molar-refractivity contribution in [1.29, 1.82) is 0 Å². The molecule has 0 aliphatic carbocycles. The SMILES string of the molecule is COC1CCN(C(=O)Cc2ccc(B3OC(C)(C)C(C)(C)O3)cc2)CC1. The Hall–Kier alpha value is -1.37. The summed E-state index contributed by atoms with van der Waals surface area (Å²) >= 11 is 0. The van der Waals surface area contributed by atoms with Gasteiger partial charge in [0.05, 0.1) is 23.7 Å². The summed E-state index contributed by atoms with van der Waals surface area (Å²) in [6, 6.07) is 8.00. The molecule has 1 aromatic carbocycles. The minimum Gasteiger partial charge on any atom is -0.399 e. The van der Waals surface area contributed by atoms with Crippen LogP contribution < -0.4 is 5.46 Å². The maximum absolute atomic E-state index is 12.5. The zero-order valence-electron chi connectivity index (χ0n) is 16.6. The maximum atomic E-state index is 12.5. The van der Waals surface area contributed by atoms with Crippen LogP contribution in [-0.2, 0) is 25.3 Å². The first-order valence-corrected chi connectivity index (χ1v) is 9.47. The van der Waals surface area contributed by atoms with Crippen molar-refractivity contribution in [1.82, 2.24) is 4.90 Å². The molecule has 2 heterocycles. The predicted molar refractivity (Wildman–Crippen MR) is 102 cm³/mol. The lowest BCUT2D eigenvalue weighted by atomic mass is 9.79. The Kier molecular flexibility index (Phi) is 5.47. The van der Waals surface area contributed by atoms with Crippen LogP contribution in [0.15, 0.2) is 24.3 Å². The second-order valence-corrected chi connectivity index (χ2v) is 8.32. The number of nitrogens with zero attached hydrogens (tertiary/aromatic N) is 1. The Morgan fingerprint density at radius 1 is 1.12 bits per heavy atom. The van der Waals surface area contributed by atoms with Gasteiger partial charge < -0.3 is 18.9 Å². The van der Waals surface area contributed by atoms with Gasteiger partial charge in [0.2, 0.25) is 5.91 Å². The van der Waals surface area contributed by atoms with E-state index in [2.05, 4.69) is 0 Å². The summed E-state index contributed by atoms with van der Waals surface area (Å²) in [5, 5.41) is 0. The molecule has 1 amide bonds. The van der Waals surface area contributed by atoms with Crippen LogP contribution in [0.5, 0.6) is 0 Å². The van der Waals surface area contributed by atoms with Gasteiger partial charge in [0, 0.05) is 20.2 Å². The van der Waals surface area contributed by atoms with Crippen LogP contribution in [0.3, 0.4) is 0 Å². The summed E-state index contributed by atoms with van der Waals surface area (Å²) in [4.78, 5) is 14.5. The van der Waals surface area contributed by atoms with Crippen LogP contribution in [0.25, 0.3) is 0 Å². The quantitative estimate of drug-likeness (QED) is 0.773. The second kappa shape index (κ2) is 7.33. The van der Waals surface area contributed by atoms with Gasteiger partial charge in [-0.25, -0.2) is 0 Å². The molecule has 0 saturated carbocycles. The van der Waals surface area contributed by atoms with Crippen LogP contribution in [0.1, 0.15) is 46.1 Å². The molecular weight excluding hydrogens is 329 g/mol. The van der Waals surface area contributed by atoms with Crippen LogP contribution in [0.2, 0.25) is 0 Å². The number of carbonyl (C=O) groups excluding carboxylic acids is 1. The van der Waals surface area contributed by atoms with Crippen molar-refractivity contribution in [2.75, 3.05) is 20.2 Å². The van der Waals surface area contributed by atoms with E-state index >= 15 is 0 Å². The first-order valence-electron chi connectivity index (χ1n) is 9.47. The summed E-state index contributed by atoms with van der Waals surface area (Å²) in [6.45, 7) is 9.76. The highest BCUT2D eigenvalue weighted by Gasteiger charge is 2.51. The number of carbonyl (C=O) groups is 1. The van der Waals surface area contributed by atoms with E-state index < -0.39 is 0 Å². The topological polar surface area (TPSA) is 48.0 Å². The fraction of sp³-hybridized carbons (Fsp3) is 0.650. The summed E-state index contributed by atoms with van der Waals surface area (Å²) in [5.41, 5.74) is 1.31. The third-order valence-corrected chi connectivity index (χ3v) is 5.99. The average Bonchev–Trinajstić information content (AvgIpc) is 2.83. The minimum atomic E-state index is -0.363. The molecule has 5 nitrogen and oxygen atoms in total. The number of benzene rings is 1. The first kappa shape index (κ1) is 19.4. The van der Waals surface area contributed by atoms with Gasteiger partial charge in [0.1, 0.15) is 0 Å². The maximum Gasteiger partial charge on any atom is 0.494 e. The molecular formula is C20H30BNO4. The number of amides is 1. The van der Waals surface area contributed by atoms with Crippen LogP contribution in [0.4, 0.5) is 0 Å². The van der Waals surface area contributed by atoms with Gasteiger partial charge in [-0.15, -0.1) is 0 Å². The lowest BCUT2D eigenvalue weighted by Crippen LogP contribution is -2.41. The molecule has 0 unspecified atom stereocenters. The molecule has 2 fully saturated rings. The van der Waals surface area contributed by atoms with Gasteiger partial charge in [0.25, 0.3) is 0 Å². The Labute approximate surface area is 157 Å². The Balaban J connectivity index is 1.58. The number of rotatable bonds is 4. The zero-order chi connectivity index (χ0) is 18.9. The summed E-state index contributed by atoms with van der Waals surface area (Å²) in [5.74, 6) is 0.183. The van der Waals surface area contributed by atoms with Gasteiger partial charge in [0.15, 0.2) is 0 Å². The van der Waals surface area contributed by atoms with Gasteiger partial charge in [-0.1, -0.05) is 24.3 Å². The number of methoxy groups -OCH3 is 1. The molecule has 0 bridgehead atoms. The normalized spacial score (nSPS) is 22.7. The third kappa shape index (κ3) is 3.97. The summed E-state index contributed by atoms with van der Waals surface area (Å²) < 4.78 is 17.5.